The van der Waals surface area contributed by atoms with E-state index >= 15 is 0 Å². The lowest BCUT2D eigenvalue weighted by Gasteiger charge is -2.15. The number of nitrogens with one attached hydrogen (secondary N) is 1. The van der Waals surface area contributed by atoms with Gasteiger partial charge in [-0.05, 0) is 25.1 Å². The number of amides is 1. The number of anilines is 1. The second-order valence-electron chi connectivity index (χ2n) is 5.13. The van der Waals surface area contributed by atoms with Crippen molar-refractivity contribution in [2.75, 3.05) is 24.7 Å². The lowest BCUT2D eigenvalue weighted by molar-refractivity contribution is -0.136. The van der Waals surface area contributed by atoms with Gasteiger partial charge < -0.3 is 10.2 Å². The van der Waals surface area contributed by atoms with Crippen molar-refractivity contribution < 1.29 is 18.0 Å². The van der Waals surface area contributed by atoms with Gasteiger partial charge in [0.15, 0.2) is 5.17 Å². The molecule has 1 heterocycles. The Hall–Kier alpha value is -1.67. The fourth-order valence-electron chi connectivity index (χ4n) is 1.88. The number of hydrogen-bond acceptors (Lipinski definition) is 3. The van der Waals surface area contributed by atoms with E-state index in [-0.39, 0.29) is 29.4 Å². The summed E-state index contributed by atoms with van der Waals surface area (Å²) in [5, 5.41) is 2.90. The van der Waals surface area contributed by atoms with Gasteiger partial charge in [0.25, 0.3) is 5.91 Å². The number of carbonyl (C=O) groups is 1. The van der Waals surface area contributed by atoms with E-state index < -0.39 is 17.6 Å². The van der Waals surface area contributed by atoms with E-state index in [9.17, 15) is 18.0 Å². The summed E-state index contributed by atoms with van der Waals surface area (Å²) >= 11 is 1.49. The minimum Gasteiger partial charge on any atom is -0.353 e. The molecule has 1 amide bonds. The molecule has 1 aromatic carbocycles. The van der Waals surface area contributed by atoms with Crippen molar-refractivity contribution in [1.82, 2.24) is 4.90 Å². The molecule has 1 saturated heterocycles. The van der Waals surface area contributed by atoms with Crippen molar-refractivity contribution in [3.8, 4) is 0 Å². The number of hydrogen-bond donors (Lipinski definition) is 1. The molecule has 1 aliphatic rings. The number of alkyl halides is 3. The highest BCUT2D eigenvalue weighted by Gasteiger charge is 2.34. The maximum absolute atomic E-state index is 13.2. The summed E-state index contributed by atoms with van der Waals surface area (Å²) in [6, 6.07) is 3.60. The standard InChI is InChI=1S/C15H16F3N3OS.ClH/c1-9(2)13(22)20-12-5-4-10(8-11(12)15(16,17)18)19-14-21(3)6-7-23-14;/h4-5,8H,1,6-7H2,2-3H3,(H,20,22);1H. The second-order valence-corrected chi connectivity index (χ2v) is 6.19. The summed E-state index contributed by atoms with van der Waals surface area (Å²) in [5.74, 6) is 0.203. The summed E-state index contributed by atoms with van der Waals surface area (Å²) in [6.07, 6.45) is -4.59. The van der Waals surface area contributed by atoms with Gasteiger partial charge in [-0.1, -0.05) is 18.3 Å². The predicted octanol–water partition coefficient (Wildman–Crippen LogP) is 4.31. The number of aliphatic imine (C=N–C) groups is 1. The van der Waals surface area contributed by atoms with Crippen LogP contribution in [0.4, 0.5) is 24.5 Å². The van der Waals surface area contributed by atoms with E-state index in [2.05, 4.69) is 16.9 Å². The molecule has 9 heteroatoms. The zero-order valence-electron chi connectivity index (χ0n) is 13.1. The van der Waals surface area contributed by atoms with Crippen molar-refractivity contribution in [3.63, 3.8) is 0 Å². The molecule has 2 rings (SSSR count). The normalized spacial score (nSPS) is 16.0. The van der Waals surface area contributed by atoms with Crippen LogP contribution in [-0.4, -0.2) is 35.3 Å². The van der Waals surface area contributed by atoms with Gasteiger partial charge in [0.1, 0.15) is 0 Å². The lowest BCUT2D eigenvalue weighted by atomic mass is 10.1. The number of halogens is 4. The number of amidine groups is 1. The molecule has 0 radical (unpaired) electrons. The van der Waals surface area contributed by atoms with Crippen LogP contribution in [0.5, 0.6) is 0 Å². The Labute approximate surface area is 148 Å². The van der Waals surface area contributed by atoms with Gasteiger partial charge in [-0.25, -0.2) is 4.99 Å². The summed E-state index contributed by atoms with van der Waals surface area (Å²) in [5.41, 5.74) is -0.908. The van der Waals surface area contributed by atoms with Crippen molar-refractivity contribution in [3.05, 3.63) is 35.9 Å². The molecule has 1 N–H and O–H groups in total. The molecule has 1 aliphatic heterocycles. The molecule has 0 spiro atoms. The zero-order chi connectivity index (χ0) is 17.2. The molecule has 0 saturated carbocycles. The van der Waals surface area contributed by atoms with Gasteiger partial charge in [0.05, 0.1) is 16.9 Å². The highest BCUT2D eigenvalue weighted by molar-refractivity contribution is 8.14. The lowest BCUT2D eigenvalue weighted by Crippen LogP contribution is -2.18. The van der Waals surface area contributed by atoms with Crippen LogP contribution in [0.15, 0.2) is 35.3 Å². The van der Waals surface area contributed by atoms with Gasteiger partial charge in [-0.2, -0.15) is 13.2 Å². The first kappa shape index (κ1) is 20.4. The van der Waals surface area contributed by atoms with Crippen LogP contribution in [0, 0.1) is 0 Å². The molecule has 4 nitrogen and oxygen atoms in total. The van der Waals surface area contributed by atoms with Crippen LogP contribution in [0.3, 0.4) is 0 Å². The smallest absolute Gasteiger partial charge is 0.353 e. The highest BCUT2D eigenvalue weighted by Crippen LogP contribution is 2.37. The van der Waals surface area contributed by atoms with Gasteiger partial charge >= 0.3 is 6.18 Å². The van der Waals surface area contributed by atoms with Gasteiger partial charge in [-0.3, -0.25) is 4.79 Å². The van der Waals surface area contributed by atoms with Crippen LogP contribution in [0.1, 0.15) is 12.5 Å². The van der Waals surface area contributed by atoms with Crippen molar-refractivity contribution in [2.24, 2.45) is 4.99 Å². The van der Waals surface area contributed by atoms with Crippen LogP contribution < -0.4 is 5.32 Å². The Morgan fingerprint density at radius 3 is 2.58 bits per heavy atom. The number of benzene rings is 1. The molecule has 0 bridgehead atoms. The minimum atomic E-state index is -4.59. The topological polar surface area (TPSA) is 44.7 Å². The first-order chi connectivity index (χ1) is 10.7. The Morgan fingerprint density at radius 2 is 2.08 bits per heavy atom. The van der Waals surface area contributed by atoms with Crippen LogP contribution in [-0.2, 0) is 11.0 Å². The number of carbonyl (C=O) groups excluding carboxylic acids is 1. The highest BCUT2D eigenvalue weighted by atomic mass is 35.5. The Bertz CT molecular complexity index is 676. The van der Waals surface area contributed by atoms with Crippen molar-refractivity contribution >= 4 is 46.6 Å². The quantitative estimate of drug-likeness (QED) is 0.796. The number of thioether (sulfide) groups is 1. The third-order valence-electron chi connectivity index (χ3n) is 3.15. The maximum atomic E-state index is 13.2. The molecule has 0 unspecified atom stereocenters. The van der Waals surface area contributed by atoms with E-state index in [1.807, 2.05) is 11.9 Å². The molecule has 0 atom stereocenters. The Morgan fingerprint density at radius 1 is 1.42 bits per heavy atom. The minimum absolute atomic E-state index is 0. The van der Waals surface area contributed by atoms with Gasteiger partial charge in [-0.15, -0.1) is 12.4 Å². The van der Waals surface area contributed by atoms with E-state index in [4.69, 9.17) is 0 Å². The zero-order valence-corrected chi connectivity index (χ0v) is 14.7. The average molecular weight is 380 g/mol. The summed E-state index contributed by atoms with van der Waals surface area (Å²) < 4.78 is 39.7. The van der Waals surface area contributed by atoms with Crippen LogP contribution >= 0.6 is 24.2 Å². The molecule has 24 heavy (non-hydrogen) atoms. The van der Waals surface area contributed by atoms with Crippen molar-refractivity contribution in [2.45, 2.75) is 13.1 Å². The SMILES string of the molecule is C=C(C)C(=O)Nc1ccc(N=C2SCCN2C)cc1C(F)(F)F.Cl. The van der Waals surface area contributed by atoms with Gasteiger partial charge in [0.2, 0.25) is 0 Å². The molecule has 1 fully saturated rings. The molecule has 132 valence electrons. The third-order valence-corrected chi connectivity index (χ3v) is 4.20. The summed E-state index contributed by atoms with van der Waals surface area (Å²) in [6.45, 7) is 5.65. The first-order valence-electron chi connectivity index (χ1n) is 6.79. The average Bonchev–Trinajstić information content (AvgIpc) is 2.84. The monoisotopic (exact) mass is 379 g/mol. The molecular formula is C15H17ClF3N3OS. The summed E-state index contributed by atoms with van der Waals surface area (Å²) in [4.78, 5) is 17.7. The van der Waals surface area contributed by atoms with E-state index in [0.29, 0.717) is 5.17 Å². The van der Waals surface area contributed by atoms with Crippen LogP contribution in [0.2, 0.25) is 0 Å². The Balaban J connectivity index is 0.00000288. The molecular weight excluding hydrogens is 363 g/mol. The van der Waals surface area contributed by atoms with Crippen LogP contribution in [0.25, 0.3) is 0 Å². The number of rotatable bonds is 3. The number of nitrogens with zero attached hydrogens (tertiary/aromatic N) is 2. The predicted molar refractivity (Wildman–Crippen MR) is 94.3 cm³/mol. The second kappa shape index (κ2) is 7.94. The molecule has 1 aromatic rings. The molecule has 0 aliphatic carbocycles. The maximum Gasteiger partial charge on any atom is 0.418 e. The largest absolute Gasteiger partial charge is 0.418 e. The van der Waals surface area contributed by atoms with Crippen molar-refractivity contribution in [1.29, 1.82) is 0 Å². The first-order valence-corrected chi connectivity index (χ1v) is 7.78. The molecule has 0 aromatic heterocycles. The third kappa shape index (κ3) is 4.91. The van der Waals surface area contributed by atoms with E-state index in [1.54, 1.807) is 0 Å². The summed E-state index contributed by atoms with van der Waals surface area (Å²) in [7, 11) is 1.84. The fourth-order valence-corrected chi connectivity index (χ4v) is 2.91. The fraction of sp³-hybridized carbons (Fsp3) is 0.333. The van der Waals surface area contributed by atoms with E-state index in [0.717, 1.165) is 18.4 Å². The Kier molecular flexibility index (Phi) is 6.74. The van der Waals surface area contributed by atoms with Gasteiger partial charge in [0, 0.05) is 24.9 Å². The van der Waals surface area contributed by atoms with E-state index in [1.165, 1.54) is 30.8 Å².